The van der Waals surface area contributed by atoms with Crippen LogP contribution in [0.3, 0.4) is 0 Å². The number of aliphatic hydroxyl groups is 1. The van der Waals surface area contributed by atoms with Crippen molar-refractivity contribution in [2.24, 2.45) is 11.8 Å². The zero-order valence-corrected chi connectivity index (χ0v) is 33.4. The van der Waals surface area contributed by atoms with E-state index < -0.39 is 11.0 Å². The highest BCUT2D eigenvalue weighted by atomic mass is 35.5. The molecule has 7 rings (SSSR count). The number of aliphatic hydroxyl groups excluding tert-OH is 1. The van der Waals surface area contributed by atoms with Crippen molar-refractivity contribution in [2.45, 2.75) is 108 Å². The van der Waals surface area contributed by atoms with Gasteiger partial charge in [-0.2, -0.15) is 0 Å². The summed E-state index contributed by atoms with van der Waals surface area (Å²) in [4.78, 5) is 21.5. The van der Waals surface area contributed by atoms with Gasteiger partial charge in [-0.25, -0.2) is 4.21 Å². The molecule has 3 fully saturated rings. The number of hydrogen-bond acceptors (Lipinski definition) is 7. The minimum Gasteiger partial charge on any atom is -0.490 e. The molecule has 2 aromatic rings. The number of nitrogens with zero attached hydrogens (tertiary/aromatic N) is 3. The van der Waals surface area contributed by atoms with Gasteiger partial charge >= 0.3 is 0 Å². The zero-order valence-electron chi connectivity index (χ0n) is 31.8. The van der Waals surface area contributed by atoms with E-state index in [4.69, 9.17) is 21.4 Å². The van der Waals surface area contributed by atoms with E-state index in [-0.39, 0.29) is 23.2 Å². The number of allylic oxidation sites excluding steroid dienone is 1. The smallest absolute Gasteiger partial charge is 0.263 e. The number of rotatable bonds is 9. The molecule has 2 N–H and O–H groups in total. The molecule has 3 heterocycles. The number of benzene rings is 2. The largest absolute Gasteiger partial charge is 0.490 e. The van der Waals surface area contributed by atoms with Crippen LogP contribution in [0.4, 0.5) is 5.69 Å². The van der Waals surface area contributed by atoms with Gasteiger partial charge in [0.15, 0.2) is 0 Å². The number of aryl methyl sites for hydroxylation is 1. The second-order valence-corrected chi connectivity index (χ2v) is 18.1. The molecule has 0 aromatic heterocycles. The highest BCUT2D eigenvalue weighted by Gasteiger charge is 2.45. The van der Waals surface area contributed by atoms with Crippen molar-refractivity contribution in [3.63, 3.8) is 0 Å². The molecule has 0 bridgehead atoms. The van der Waals surface area contributed by atoms with Crippen LogP contribution in [0.25, 0.3) is 0 Å². The third kappa shape index (κ3) is 8.75. The van der Waals surface area contributed by atoms with Crippen molar-refractivity contribution in [3.05, 3.63) is 70.3 Å². The van der Waals surface area contributed by atoms with Gasteiger partial charge in [-0.05, 0) is 132 Å². The van der Waals surface area contributed by atoms with Crippen molar-refractivity contribution in [2.75, 3.05) is 57.4 Å². The molecule has 1 spiro atoms. The Morgan fingerprint density at radius 3 is 2.67 bits per heavy atom. The lowest BCUT2D eigenvalue weighted by molar-refractivity contribution is -0.00156. The number of carbonyl (C=O) groups is 1. The maximum atomic E-state index is 13.3. The first-order valence-electron chi connectivity index (χ1n) is 19.9. The number of nitrogens with one attached hydrogen (secondary N) is 1. The number of anilines is 1. The van der Waals surface area contributed by atoms with Gasteiger partial charge in [0.25, 0.3) is 5.91 Å². The van der Waals surface area contributed by atoms with Crippen LogP contribution in [-0.4, -0.2) is 94.8 Å². The minimum atomic E-state index is -1.44. The molecular weight excluding hydrogens is 692 g/mol. The third-order valence-electron chi connectivity index (χ3n) is 12.2. The van der Waals surface area contributed by atoms with Gasteiger partial charge in [-0.3, -0.25) is 19.3 Å². The molecule has 0 radical (unpaired) electrons. The standard InChI is InChI=1S/C40H55ClN4O3S.C2H6O/c1-4-5-11-36(44-21-20-43-19-7-6-10-33(43)25-44)34-15-12-31(34)24-45-26-40(18-8-9-29-22-32(41)14-16-35(29)40)27-48-38-17-13-30(23-37(38)45)39(46)42-49(47)28(2)3;1-2-3/h5,11,13-14,16-17,22-23,28,31,33-34,36H,4,6-10,12,15,18-21,24-27H2,1-3H3,(H,42,46);3H,2H2,1H3/b11-5+;/t31?,33?,34?,36?,40-,49?;/m0./s1. The summed E-state index contributed by atoms with van der Waals surface area (Å²) in [5, 5.41) is 8.20. The Morgan fingerprint density at radius 1 is 1.10 bits per heavy atom. The van der Waals surface area contributed by atoms with Crippen LogP contribution in [-0.2, 0) is 22.8 Å². The van der Waals surface area contributed by atoms with E-state index >= 15 is 0 Å². The van der Waals surface area contributed by atoms with E-state index in [9.17, 15) is 9.00 Å². The summed E-state index contributed by atoms with van der Waals surface area (Å²) in [6.45, 7) is 15.0. The van der Waals surface area contributed by atoms with E-state index in [0.29, 0.717) is 36.1 Å². The Labute approximate surface area is 319 Å². The summed E-state index contributed by atoms with van der Waals surface area (Å²) in [5.74, 6) is 1.66. The molecule has 6 atom stereocenters. The Morgan fingerprint density at radius 2 is 1.92 bits per heavy atom. The SMILES string of the molecule is CC/C=C/C(C1CCC1CN1C[C@@]2(CCCc3cc(Cl)ccc32)COc2ccc(C(=O)NS(=O)C(C)C)cc21)N1CCN2CCCCC2C1.CCO. The summed E-state index contributed by atoms with van der Waals surface area (Å²) in [6.07, 6.45) is 15.7. The lowest BCUT2D eigenvalue weighted by atomic mass is 9.67. The van der Waals surface area contributed by atoms with E-state index in [0.717, 1.165) is 61.8 Å². The first-order valence-corrected chi connectivity index (χ1v) is 21.5. The molecule has 2 aromatic carbocycles. The van der Waals surface area contributed by atoms with Crippen molar-refractivity contribution in [1.29, 1.82) is 0 Å². The van der Waals surface area contributed by atoms with Crippen LogP contribution in [0, 0.1) is 11.8 Å². The van der Waals surface area contributed by atoms with Gasteiger partial charge in [0.05, 0.1) is 12.3 Å². The van der Waals surface area contributed by atoms with Crippen LogP contribution in [0.15, 0.2) is 48.6 Å². The van der Waals surface area contributed by atoms with Gasteiger partial charge in [0, 0.05) is 72.7 Å². The van der Waals surface area contributed by atoms with Crippen molar-refractivity contribution >= 4 is 34.2 Å². The van der Waals surface area contributed by atoms with Gasteiger partial charge in [0.1, 0.15) is 16.7 Å². The normalized spacial score (nSPS) is 27.3. The number of amides is 1. The Balaban J connectivity index is 0.00000150. The molecule has 2 aliphatic carbocycles. The Hall–Kier alpha value is -2.43. The molecule has 5 aliphatic rings. The van der Waals surface area contributed by atoms with Gasteiger partial charge < -0.3 is 14.7 Å². The minimum absolute atomic E-state index is 0.157. The topological polar surface area (TPSA) is 85.4 Å². The average Bonchev–Trinajstić information content (AvgIpc) is 3.28. The van der Waals surface area contributed by atoms with Gasteiger partial charge in [-0.15, -0.1) is 0 Å². The maximum Gasteiger partial charge on any atom is 0.263 e. The second kappa shape index (κ2) is 17.8. The van der Waals surface area contributed by atoms with Crippen LogP contribution in [0.2, 0.25) is 5.02 Å². The highest BCUT2D eigenvalue weighted by Crippen LogP contribution is 2.47. The Kier molecular flexibility index (Phi) is 13.4. The molecule has 8 nitrogen and oxygen atoms in total. The molecule has 5 unspecified atom stereocenters. The van der Waals surface area contributed by atoms with Gasteiger partial charge in [-0.1, -0.05) is 43.2 Å². The summed E-state index contributed by atoms with van der Waals surface area (Å²) in [5.41, 5.74) is 4.01. The predicted octanol–water partition coefficient (Wildman–Crippen LogP) is 7.14. The number of piperazine rings is 1. The predicted molar refractivity (Wildman–Crippen MR) is 214 cm³/mol. The van der Waals surface area contributed by atoms with Crippen molar-refractivity contribution in [3.8, 4) is 5.75 Å². The quantitative estimate of drug-likeness (QED) is 0.264. The number of halogens is 1. The van der Waals surface area contributed by atoms with Crippen molar-refractivity contribution < 1.29 is 18.8 Å². The van der Waals surface area contributed by atoms with Gasteiger partial charge in [0.2, 0.25) is 0 Å². The molecular formula is C42H61ClN4O4S. The number of hydrogen-bond donors (Lipinski definition) is 2. The van der Waals surface area contributed by atoms with E-state index in [2.05, 4.69) is 50.6 Å². The number of ether oxygens (including phenoxy) is 1. The fourth-order valence-corrected chi connectivity index (χ4v) is 10.1. The fraction of sp³-hybridized carbons (Fsp3) is 0.643. The summed E-state index contributed by atoms with van der Waals surface area (Å²) in [7, 11) is -1.44. The monoisotopic (exact) mass is 752 g/mol. The highest BCUT2D eigenvalue weighted by molar-refractivity contribution is 7.84. The third-order valence-corrected chi connectivity index (χ3v) is 13.6. The molecule has 52 heavy (non-hydrogen) atoms. The van der Waals surface area contributed by atoms with Crippen LogP contribution >= 0.6 is 11.6 Å². The molecule has 286 valence electrons. The number of piperidine rings is 1. The lowest BCUT2D eigenvalue weighted by Crippen LogP contribution is -2.60. The summed E-state index contributed by atoms with van der Waals surface area (Å²) in [6, 6.07) is 13.3. The second-order valence-electron chi connectivity index (χ2n) is 15.9. The first-order chi connectivity index (χ1) is 25.2. The first kappa shape index (κ1) is 39.3. The average molecular weight is 753 g/mol. The van der Waals surface area contributed by atoms with Crippen LogP contribution in [0.5, 0.6) is 5.75 Å². The maximum absolute atomic E-state index is 13.3. The molecule has 1 saturated carbocycles. The molecule has 1 amide bonds. The molecule has 3 aliphatic heterocycles. The lowest BCUT2D eigenvalue weighted by Gasteiger charge is -2.52. The van der Waals surface area contributed by atoms with E-state index in [1.165, 1.54) is 62.9 Å². The van der Waals surface area contributed by atoms with Crippen LogP contribution in [0.1, 0.15) is 101 Å². The fourth-order valence-electron chi connectivity index (χ4n) is 9.34. The van der Waals surface area contributed by atoms with E-state index in [1.54, 1.807) is 6.92 Å². The van der Waals surface area contributed by atoms with E-state index in [1.807, 2.05) is 38.1 Å². The Bertz CT molecular complexity index is 1590. The molecule has 2 saturated heterocycles. The zero-order chi connectivity index (χ0) is 36.8. The van der Waals surface area contributed by atoms with Crippen LogP contribution < -0.4 is 14.4 Å². The summed E-state index contributed by atoms with van der Waals surface area (Å²) < 4.78 is 22.0. The summed E-state index contributed by atoms with van der Waals surface area (Å²) >= 11 is 6.51. The number of fused-ring (bicyclic) bond motifs is 4. The molecule has 10 heteroatoms. The van der Waals surface area contributed by atoms with Crippen molar-refractivity contribution in [1.82, 2.24) is 14.5 Å². The number of carbonyl (C=O) groups excluding carboxylic acids is 1.